The van der Waals surface area contributed by atoms with Crippen LogP contribution in [0.4, 0.5) is 9.18 Å². The minimum Gasteiger partial charge on any atom is -0.442 e. The number of benzene rings is 1. The van der Waals surface area contributed by atoms with Crippen LogP contribution in [-0.2, 0) is 4.74 Å². The minimum atomic E-state index is -0.780. The Labute approximate surface area is 196 Å². The molecule has 4 aromatic rings. The van der Waals surface area contributed by atoms with Crippen LogP contribution in [0, 0.1) is 24.7 Å². The monoisotopic (exact) mass is 464 g/mol. The number of rotatable bonds is 1. The fourth-order valence-corrected chi connectivity index (χ4v) is 2.87. The standard InChI is InChI=1S/C23H19FN6O2.H2S/c1-14-25-12-10-18(27-14)21-26-11-9-16(28-21)7-5-15-6-8-19-17(13-15)20(24)29-30(19)22(31)32-23(2,3)4;/h6,8-13H,1-4H3;1H2. The minimum absolute atomic E-state index is 0. The lowest BCUT2D eigenvalue weighted by molar-refractivity contribution is 0.0519. The first-order valence-corrected chi connectivity index (χ1v) is 9.76. The third-order valence-electron chi connectivity index (χ3n) is 4.20. The van der Waals surface area contributed by atoms with E-state index in [1.165, 1.54) is 6.07 Å². The summed E-state index contributed by atoms with van der Waals surface area (Å²) in [4.78, 5) is 29.3. The third kappa shape index (κ3) is 5.51. The summed E-state index contributed by atoms with van der Waals surface area (Å²) in [6, 6.07) is 8.17. The fraction of sp³-hybridized carbons (Fsp3) is 0.217. The van der Waals surface area contributed by atoms with Crippen molar-refractivity contribution >= 4 is 30.5 Å². The lowest BCUT2D eigenvalue weighted by Crippen LogP contribution is -2.27. The van der Waals surface area contributed by atoms with Gasteiger partial charge in [0, 0.05) is 18.0 Å². The van der Waals surface area contributed by atoms with Crippen LogP contribution in [0.3, 0.4) is 0 Å². The molecule has 0 unspecified atom stereocenters. The second kappa shape index (κ2) is 9.34. The largest absolute Gasteiger partial charge is 0.442 e. The van der Waals surface area contributed by atoms with Gasteiger partial charge in [-0.05, 0) is 63.9 Å². The Hall–Kier alpha value is -3.84. The average molecular weight is 465 g/mol. The summed E-state index contributed by atoms with van der Waals surface area (Å²) in [5.74, 6) is 6.17. The maximum Gasteiger partial charge on any atom is 0.435 e. The van der Waals surface area contributed by atoms with E-state index in [2.05, 4.69) is 36.9 Å². The molecule has 1 aromatic carbocycles. The summed E-state index contributed by atoms with van der Waals surface area (Å²) >= 11 is 0. The van der Waals surface area contributed by atoms with Crippen LogP contribution in [0.15, 0.2) is 42.7 Å². The van der Waals surface area contributed by atoms with Crippen LogP contribution in [0.1, 0.15) is 37.9 Å². The Morgan fingerprint density at radius 1 is 1.06 bits per heavy atom. The van der Waals surface area contributed by atoms with Gasteiger partial charge in [-0.3, -0.25) is 0 Å². The van der Waals surface area contributed by atoms with E-state index in [0.29, 0.717) is 34.1 Å². The van der Waals surface area contributed by atoms with E-state index in [4.69, 9.17) is 4.74 Å². The van der Waals surface area contributed by atoms with E-state index in [1.54, 1.807) is 64.4 Å². The van der Waals surface area contributed by atoms with Crippen molar-refractivity contribution in [2.45, 2.75) is 33.3 Å². The highest BCUT2D eigenvalue weighted by Crippen LogP contribution is 2.21. The maximum absolute atomic E-state index is 14.4. The molecule has 0 aliphatic rings. The number of aryl methyl sites for hydroxylation is 1. The van der Waals surface area contributed by atoms with Gasteiger partial charge in [-0.1, -0.05) is 5.92 Å². The van der Waals surface area contributed by atoms with E-state index < -0.39 is 17.6 Å². The summed E-state index contributed by atoms with van der Waals surface area (Å²) in [6.45, 7) is 6.97. The highest BCUT2D eigenvalue weighted by Gasteiger charge is 2.22. The van der Waals surface area contributed by atoms with Crippen LogP contribution in [0.25, 0.3) is 22.4 Å². The second-order valence-electron chi connectivity index (χ2n) is 7.92. The molecule has 10 heteroatoms. The Kier molecular flexibility index (Phi) is 6.74. The molecule has 0 aliphatic heterocycles. The van der Waals surface area contributed by atoms with Gasteiger partial charge in [0.15, 0.2) is 5.82 Å². The topological polar surface area (TPSA) is 95.7 Å². The van der Waals surface area contributed by atoms with Gasteiger partial charge < -0.3 is 4.74 Å². The molecule has 0 N–H and O–H groups in total. The molecular formula is C23H21FN6O2S. The molecule has 0 spiro atoms. The summed E-state index contributed by atoms with van der Waals surface area (Å²) in [7, 11) is 0. The van der Waals surface area contributed by atoms with Crippen LogP contribution < -0.4 is 0 Å². The summed E-state index contributed by atoms with van der Waals surface area (Å²) < 4.78 is 20.6. The molecule has 0 fully saturated rings. The molecule has 0 amide bonds. The number of halogens is 1. The second-order valence-corrected chi connectivity index (χ2v) is 7.92. The van der Waals surface area contributed by atoms with Crippen molar-refractivity contribution in [2.75, 3.05) is 0 Å². The number of aromatic nitrogens is 6. The Morgan fingerprint density at radius 3 is 2.55 bits per heavy atom. The smallest absolute Gasteiger partial charge is 0.435 e. The molecule has 0 saturated heterocycles. The van der Waals surface area contributed by atoms with Gasteiger partial charge in [-0.15, -0.1) is 5.10 Å². The quantitative estimate of drug-likeness (QED) is 0.393. The number of nitrogens with zero attached hydrogens (tertiary/aromatic N) is 6. The van der Waals surface area contributed by atoms with E-state index in [0.717, 1.165) is 4.68 Å². The van der Waals surface area contributed by atoms with Crippen LogP contribution in [-0.4, -0.2) is 41.4 Å². The van der Waals surface area contributed by atoms with Crippen molar-refractivity contribution in [1.29, 1.82) is 0 Å². The average Bonchev–Trinajstić information content (AvgIpc) is 3.07. The van der Waals surface area contributed by atoms with Crippen molar-refractivity contribution in [3.8, 4) is 23.4 Å². The molecule has 0 radical (unpaired) electrons. The zero-order valence-electron chi connectivity index (χ0n) is 18.4. The third-order valence-corrected chi connectivity index (χ3v) is 4.20. The summed E-state index contributed by atoms with van der Waals surface area (Å²) in [5, 5.41) is 3.85. The maximum atomic E-state index is 14.4. The van der Waals surface area contributed by atoms with Gasteiger partial charge in [-0.25, -0.2) is 24.7 Å². The van der Waals surface area contributed by atoms with E-state index in [9.17, 15) is 9.18 Å². The van der Waals surface area contributed by atoms with Gasteiger partial charge in [0.2, 0.25) is 5.95 Å². The van der Waals surface area contributed by atoms with E-state index in [1.807, 2.05) is 0 Å². The van der Waals surface area contributed by atoms with Gasteiger partial charge >= 0.3 is 6.09 Å². The molecule has 3 aromatic heterocycles. The van der Waals surface area contributed by atoms with Gasteiger partial charge in [-0.2, -0.15) is 22.6 Å². The van der Waals surface area contributed by atoms with Crippen molar-refractivity contribution in [3.05, 3.63) is 65.8 Å². The zero-order valence-corrected chi connectivity index (χ0v) is 19.4. The van der Waals surface area contributed by atoms with Crippen LogP contribution in [0.5, 0.6) is 0 Å². The van der Waals surface area contributed by atoms with Crippen LogP contribution in [0.2, 0.25) is 0 Å². The predicted octanol–water partition coefficient (Wildman–Crippen LogP) is 4.03. The SMILES string of the molecule is Cc1nccc(-c2nccc(C#Cc3ccc4c(c3)c(F)nn4C(=O)OC(C)(C)C)n2)n1.S. The van der Waals surface area contributed by atoms with Crippen molar-refractivity contribution in [3.63, 3.8) is 0 Å². The van der Waals surface area contributed by atoms with Crippen molar-refractivity contribution in [1.82, 2.24) is 29.7 Å². The number of fused-ring (bicyclic) bond motifs is 1. The first-order valence-electron chi connectivity index (χ1n) is 9.76. The first kappa shape index (κ1) is 23.8. The lowest BCUT2D eigenvalue weighted by Gasteiger charge is -2.19. The molecule has 0 bridgehead atoms. The molecule has 3 heterocycles. The molecule has 0 atom stereocenters. The molecule has 8 nitrogen and oxygen atoms in total. The predicted molar refractivity (Wildman–Crippen MR) is 125 cm³/mol. The summed E-state index contributed by atoms with van der Waals surface area (Å²) in [5.41, 5.74) is 1.19. The number of hydrogen-bond acceptors (Lipinski definition) is 7. The highest BCUT2D eigenvalue weighted by atomic mass is 32.1. The highest BCUT2D eigenvalue weighted by molar-refractivity contribution is 7.59. The Morgan fingerprint density at radius 2 is 1.82 bits per heavy atom. The molecule has 0 aliphatic carbocycles. The molecule has 33 heavy (non-hydrogen) atoms. The van der Waals surface area contributed by atoms with Crippen molar-refractivity contribution < 1.29 is 13.9 Å². The summed E-state index contributed by atoms with van der Waals surface area (Å²) in [6.07, 6.45) is 2.48. The lowest BCUT2D eigenvalue weighted by atomic mass is 10.1. The van der Waals surface area contributed by atoms with Crippen molar-refractivity contribution in [2.24, 2.45) is 0 Å². The molecular weight excluding hydrogens is 443 g/mol. The molecule has 168 valence electrons. The van der Waals surface area contributed by atoms with Gasteiger partial charge in [0.1, 0.15) is 22.8 Å². The van der Waals surface area contributed by atoms with Gasteiger partial charge in [0.05, 0.1) is 10.9 Å². The molecule has 4 rings (SSSR count). The number of carbonyl (C=O) groups is 1. The normalized spacial score (nSPS) is 10.8. The van der Waals surface area contributed by atoms with Gasteiger partial charge in [0.25, 0.3) is 0 Å². The molecule has 0 saturated carbocycles. The first-order chi connectivity index (χ1) is 15.2. The number of hydrogen-bond donors (Lipinski definition) is 0. The number of carbonyl (C=O) groups excluding carboxylic acids is 1. The Bertz CT molecular complexity index is 1400. The number of ether oxygens (including phenoxy) is 1. The fourth-order valence-electron chi connectivity index (χ4n) is 2.87. The Balaban J connectivity index is 0.00000306. The van der Waals surface area contributed by atoms with E-state index >= 15 is 0 Å². The van der Waals surface area contributed by atoms with Crippen LogP contribution >= 0.6 is 13.5 Å². The zero-order chi connectivity index (χ0) is 22.9. The van der Waals surface area contributed by atoms with E-state index in [-0.39, 0.29) is 18.9 Å².